The molecule has 2 aromatic rings. The van der Waals surface area contributed by atoms with Crippen LogP contribution < -0.4 is 10.1 Å². The van der Waals surface area contributed by atoms with Crippen LogP contribution in [0.5, 0.6) is 5.75 Å². The Morgan fingerprint density at radius 1 is 1.39 bits per heavy atom. The Kier molecular flexibility index (Phi) is 4.04. The van der Waals surface area contributed by atoms with E-state index in [1.807, 2.05) is 30.5 Å². The van der Waals surface area contributed by atoms with E-state index in [1.165, 1.54) is 11.3 Å². The molecule has 0 aliphatic carbocycles. The molecule has 0 spiro atoms. The fraction of sp³-hybridized carbons (Fsp3) is 0.154. The highest BCUT2D eigenvalue weighted by atomic mass is 79.9. The maximum atomic E-state index is 12.1. The second-order valence-electron chi connectivity index (χ2n) is 3.79. The number of hydrogen-bond donors (Lipinski definition) is 1. The first-order valence-electron chi connectivity index (χ1n) is 5.30. The standard InChI is InChI=1S/C13H12BrNO2S/c1-8-5-9(14)7-10(6-8)15-13(16)12-11(17-2)3-4-18-12/h3-7H,1-2H3,(H,15,16). The maximum absolute atomic E-state index is 12.1. The van der Waals surface area contributed by atoms with Crippen LogP contribution in [0.25, 0.3) is 0 Å². The zero-order valence-electron chi connectivity index (χ0n) is 9.99. The van der Waals surface area contributed by atoms with Gasteiger partial charge in [0.15, 0.2) is 0 Å². The first-order valence-corrected chi connectivity index (χ1v) is 6.97. The average Bonchev–Trinajstić information content (AvgIpc) is 2.75. The number of hydrogen-bond acceptors (Lipinski definition) is 3. The average molecular weight is 326 g/mol. The van der Waals surface area contributed by atoms with Crippen molar-refractivity contribution in [1.82, 2.24) is 0 Å². The molecule has 1 amide bonds. The highest BCUT2D eigenvalue weighted by Crippen LogP contribution is 2.26. The Balaban J connectivity index is 2.21. The zero-order chi connectivity index (χ0) is 13.1. The third kappa shape index (κ3) is 2.91. The molecule has 0 saturated carbocycles. The molecule has 1 N–H and O–H groups in total. The van der Waals surface area contributed by atoms with E-state index in [2.05, 4.69) is 21.2 Å². The number of carbonyl (C=O) groups is 1. The molecule has 18 heavy (non-hydrogen) atoms. The highest BCUT2D eigenvalue weighted by Gasteiger charge is 2.14. The van der Waals surface area contributed by atoms with E-state index in [9.17, 15) is 4.79 Å². The summed E-state index contributed by atoms with van der Waals surface area (Å²) in [6.07, 6.45) is 0. The van der Waals surface area contributed by atoms with Crippen LogP contribution in [0.15, 0.2) is 34.1 Å². The molecule has 1 heterocycles. The molecule has 0 fully saturated rings. The van der Waals surface area contributed by atoms with Crippen molar-refractivity contribution in [2.45, 2.75) is 6.92 Å². The minimum absolute atomic E-state index is 0.153. The van der Waals surface area contributed by atoms with Crippen molar-refractivity contribution >= 4 is 38.9 Å². The summed E-state index contributed by atoms with van der Waals surface area (Å²) in [5, 5.41) is 4.70. The Bertz CT molecular complexity index is 560. The minimum atomic E-state index is -0.153. The van der Waals surface area contributed by atoms with Gasteiger partial charge in [-0.1, -0.05) is 15.9 Å². The molecule has 1 aromatic carbocycles. The number of rotatable bonds is 3. The van der Waals surface area contributed by atoms with Gasteiger partial charge in [0.25, 0.3) is 5.91 Å². The fourth-order valence-electron chi connectivity index (χ4n) is 1.62. The summed E-state index contributed by atoms with van der Waals surface area (Å²) < 4.78 is 6.07. The van der Waals surface area contributed by atoms with Gasteiger partial charge >= 0.3 is 0 Å². The number of nitrogens with one attached hydrogen (secondary N) is 1. The van der Waals surface area contributed by atoms with Gasteiger partial charge in [-0.2, -0.15) is 0 Å². The number of amides is 1. The zero-order valence-corrected chi connectivity index (χ0v) is 12.4. The third-order valence-electron chi connectivity index (χ3n) is 2.36. The van der Waals surface area contributed by atoms with Crippen molar-refractivity contribution in [2.24, 2.45) is 0 Å². The number of thiophene rings is 1. The lowest BCUT2D eigenvalue weighted by Gasteiger charge is -2.07. The second-order valence-corrected chi connectivity index (χ2v) is 5.62. The van der Waals surface area contributed by atoms with Crippen molar-refractivity contribution < 1.29 is 9.53 Å². The van der Waals surface area contributed by atoms with Gasteiger partial charge in [-0.15, -0.1) is 11.3 Å². The van der Waals surface area contributed by atoms with Crippen LogP contribution >= 0.6 is 27.3 Å². The molecule has 0 radical (unpaired) electrons. The molecule has 3 nitrogen and oxygen atoms in total. The Hall–Kier alpha value is -1.33. The Labute approximate surface area is 118 Å². The predicted molar refractivity (Wildman–Crippen MR) is 77.7 cm³/mol. The van der Waals surface area contributed by atoms with E-state index in [0.29, 0.717) is 10.6 Å². The number of methoxy groups -OCH3 is 1. The van der Waals surface area contributed by atoms with Gasteiger partial charge in [0.05, 0.1) is 7.11 Å². The molecule has 0 bridgehead atoms. The van der Waals surface area contributed by atoms with Crippen molar-refractivity contribution in [2.75, 3.05) is 12.4 Å². The van der Waals surface area contributed by atoms with Gasteiger partial charge in [0.1, 0.15) is 10.6 Å². The van der Waals surface area contributed by atoms with Crippen LogP contribution in [-0.4, -0.2) is 13.0 Å². The van der Waals surface area contributed by atoms with Crippen LogP contribution in [0.3, 0.4) is 0 Å². The van der Waals surface area contributed by atoms with E-state index in [0.717, 1.165) is 15.7 Å². The van der Waals surface area contributed by atoms with E-state index >= 15 is 0 Å². The molecule has 0 aliphatic rings. The van der Waals surface area contributed by atoms with Crippen LogP contribution in [0.1, 0.15) is 15.2 Å². The summed E-state index contributed by atoms with van der Waals surface area (Å²) in [4.78, 5) is 12.7. The molecule has 0 aliphatic heterocycles. The molecule has 0 unspecified atom stereocenters. The first-order chi connectivity index (χ1) is 8.60. The van der Waals surface area contributed by atoms with Crippen LogP contribution in [0.2, 0.25) is 0 Å². The molecule has 0 atom stereocenters. The number of aryl methyl sites for hydroxylation is 1. The van der Waals surface area contributed by atoms with Gasteiger partial charge in [-0.3, -0.25) is 4.79 Å². The van der Waals surface area contributed by atoms with Crippen molar-refractivity contribution in [3.8, 4) is 5.75 Å². The molecule has 0 saturated heterocycles. The maximum Gasteiger partial charge on any atom is 0.269 e. The lowest BCUT2D eigenvalue weighted by Crippen LogP contribution is -2.11. The topological polar surface area (TPSA) is 38.3 Å². The third-order valence-corrected chi connectivity index (χ3v) is 3.71. The van der Waals surface area contributed by atoms with E-state index in [-0.39, 0.29) is 5.91 Å². The quantitative estimate of drug-likeness (QED) is 0.923. The van der Waals surface area contributed by atoms with Crippen LogP contribution in [-0.2, 0) is 0 Å². The SMILES string of the molecule is COc1ccsc1C(=O)Nc1cc(C)cc(Br)c1. The number of halogens is 1. The summed E-state index contributed by atoms with van der Waals surface area (Å²) in [5.74, 6) is 0.448. The molecule has 2 rings (SSSR count). The molecular weight excluding hydrogens is 314 g/mol. The van der Waals surface area contributed by atoms with Gasteiger partial charge in [0, 0.05) is 10.2 Å². The second kappa shape index (κ2) is 5.54. The van der Waals surface area contributed by atoms with Crippen LogP contribution in [0, 0.1) is 6.92 Å². The normalized spacial score (nSPS) is 10.2. The van der Waals surface area contributed by atoms with Crippen LogP contribution in [0.4, 0.5) is 5.69 Å². The summed E-state index contributed by atoms with van der Waals surface area (Å²) in [5.41, 5.74) is 1.85. The molecule has 1 aromatic heterocycles. The summed E-state index contributed by atoms with van der Waals surface area (Å²) in [6.45, 7) is 1.98. The molecule has 5 heteroatoms. The number of anilines is 1. The smallest absolute Gasteiger partial charge is 0.269 e. The molecule has 94 valence electrons. The van der Waals surface area contributed by atoms with Gasteiger partial charge in [0.2, 0.25) is 0 Å². The monoisotopic (exact) mass is 325 g/mol. The van der Waals surface area contributed by atoms with Crippen molar-refractivity contribution in [3.05, 3.63) is 44.6 Å². The van der Waals surface area contributed by atoms with E-state index in [4.69, 9.17) is 4.74 Å². The van der Waals surface area contributed by atoms with E-state index < -0.39 is 0 Å². The van der Waals surface area contributed by atoms with Crippen molar-refractivity contribution in [3.63, 3.8) is 0 Å². The van der Waals surface area contributed by atoms with Gasteiger partial charge in [-0.25, -0.2) is 0 Å². The lowest BCUT2D eigenvalue weighted by molar-refractivity contribution is 0.102. The predicted octanol–water partition coefficient (Wildman–Crippen LogP) is 4.08. The minimum Gasteiger partial charge on any atom is -0.495 e. The lowest BCUT2D eigenvalue weighted by atomic mass is 10.2. The number of ether oxygens (including phenoxy) is 1. The largest absolute Gasteiger partial charge is 0.495 e. The summed E-state index contributed by atoms with van der Waals surface area (Å²) in [7, 11) is 1.56. The van der Waals surface area contributed by atoms with E-state index in [1.54, 1.807) is 13.2 Å². The summed E-state index contributed by atoms with van der Waals surface area (Å²) in [6, 6.07) is 7.56. The van der Waals surface area contributed by atoms with Gasteiger partial charge in [-0.05, 0) is 42.1 Å². The molecular formula is C13H12BrNO2S. The summed E-state index contributed by atoms with van der Waals surface area (Å²) >= 11 is 4.77. The van der Waals surface area contributed by atoms with Gasteiger partial charge < -0.3 is 10.1 Å². The Morgan fingerprint density at radius 3 is 2.83 bits per heavy atom. The highest BCUT2D eigenvalue weighted by molar-refractivity contribution is 9.10. The first kappa shape index (κ1) is 13.1. The number of benzene rings is 1. The fourth-order valence-corrected chi connectivity index (χ4v) is 2.98. The Morgan fingerprint density at radius 2 is 2.17 bits per heavy atom. The van der Waals surface area contributed by atoms with Crippen molar-refractivity contribution in [1.29, 1.82) is 0 Å². The number of carbonyl (C=O) groups excluding carboxylic acids is 1.